The molecule has 1 aromatic heterocycles. The molecule has 0 spiro atoms. The van der Waals surface area contributed by atoms with E-state index in [0.29, 0.717) is 19.6 Å². The molecule has 1 aromatic carbocycles. The zero-order chi connectivity index (χ0) is 22.6. The van der Waals surface area contributed by atoms with E-state index in [1.807, 2.05) is 6.07 Å². The van der Waals surface area contributed by atoms with Gasteiger partial charge in [-0.15, -0.1) is 5.10 Å². The Morgan fingerprint density at radius 3 is 2.62 bits per heavy atom. The van der Waals surface area contributed by atoms with Crippen LogP contribution in [-0.4, -0.2) is 49.3 Å². The number of aromatic nitrogens is 4. The molecule has 7 heteroatoms. The number of rotatable bonds is 7. The van der Waals surface area contributed by atoms with E-state index < -0.39 is 0 Å². The molecule has 2 aliphatic rings. The fourth-order valence-electron chi connectivity index (χ4n) is 5.77. The Hall–Kier alpha value is -2.28. The Morgan fingerprint density at radius 1 is 1.22 bits per heavy atom. The maximum absolute atomic E-state index is 14.1. The van der Waals surface area contributed by atoms with Crippen molar-refractivity contribution in [2.75, 3.05) is 6.61 Å². The van der Waals surface area contributed by atoms with Crippen LogP contribution in [0.1, 0.15) is 83.7 Å². The Bertz CT molecular complexity index is 862. The summed E-state index contributed by atoms with van der Waals surface area (Å²) in [5, 5.41) is 11.7. The van der Waals surface area contributed by atoms with Crippen LogP contribution in [0.3, 0.4) is 0 Å². The number of hydrogen-bond donors (Lipinski definition) is 0. The molecule has 174 valence electrons. The zero-order valence-electron chi connectivity index (χ0n) is 19.7. The highest BCUT2D eigenvalue weighted by Crippen LogP contribution is 2.43. The van der Waals surface area contributed by atoms with Crippen molar-refractivity contribution in [1.82, 2.24) is 25.1 Å². The van der Waals surface area contributed by atoms with Crippen LogP contribution in [-0.2, 0) is 16.1 Å². The fraction of sp³-hybridized carbons (Fsp3) is 0.680. The summed E-state index contributed by atoms with van der Waals surface area (Å²) in [7, 11) is 0. The number of tetrazole rings is 1. The minimum Gasteiger partial charge on any atom is -0.375 e. The molecule has 2 heterocycles. The van der Waals surface area contributed by atoms with Crippen molar-refractivity contribution in [3.05, 3.63) is 42.2 Å². The molecular weight excluding hydrogens is 402 g/mol. The zero-order valence-corrected chi connectivity index (χ0v) is 19.7. The number of ether oxygens (including phenoxy) is 1. The van der Waals surface area contributed by atoms with E-state index in [-0.39, 0.29) is 29.0 Å². The van der Waals surface area contributed by atoms with E-state index in [9.17, 15) is 4.79 Å². The minimum absolute atomic E-state index is 0.0243. The molecule has 1 amide bonds. The standard InChI is InChI=1S/C25H37N5O2/c1-20(21-10-6-4-7-11-21)30(22-12-15-32-24(2,3)16-22)23(31)17-25(13-8-5-9-14-25)18-29-19-26-27-28-29/h4,6-7,10-11,19-20,22H,5,8-9,12-18H2,1-3H3. The van der Waals surface area contributed by atoms with Crippen molar-refractivity contribution in [1.29, 1.82) is 0 Å². The molecule has 2 aromatic rings. The minimum atomic E-state index is -0.215. The van der Waals surface area contributed by atoms with Gasteiger partial charge in [0.05, 0.1) is 18.2 Å². The topological polar surface area (TPSA) is 73.1 Å². The summed E-state index contributed by atoms with van der Waals surface area (Å²) in [5.74, 6) is 0.249. The number of hydrogen-bond acceptors (Lipinski definition) is 5. The van der Waals surface area contributed by atoms with E-state index in [1.165, 1.54) is 12.0 Å². The average Bonchev–Trinajstić information content (AvgIpc) is 3.27. The summed E-state index contributed by atoms with van der Waals surface area (Å²) in [6, 6.07) is 10.6. The van der Waals surface area contributed by atoms with Gasteiger partial charge in [0.15, 0.2) is 0 Å². The SMILES string of the molecule is CC(c1ccccc1)N(C(=O)CC1(Cn2cnnn2)CCCCC1)C1CCOC(C)(C)C1. The van der Waals surface area contributed by atoms with Crippen molar-refractivity contribution < 1.29 is 9.53 Å². The van der Waals surface area contributed by atoms with Crippen molar-refractivity contribution in [2.24, 2.45) is 5.41 Å². The molecule has 2 fully saturated rings. The average molecular weight is 440 g/mol. The summed E-state index contributed by atoms with van der Waals surface area (Å²) in [4.78, 5) is 16.3. The number of amides is 1. The van der Waals surface area contributed by atoms with Crippen molar-refractivity contribution >= 4 is 5.91 Å². The van der Waals surface area contributed by atoms with E-state index in [4.69, 9.17) is 4.74 Å². The highest BCUT2D eigenvalue weighted by molar-refractivity contribution is 5.78. The second kappa shape index (κ2) is 9.69. The van der Waals surface area contributed by atoms with Crippen LogP contribution in [0, 0.1) is 5.41 Å². The highest BCUT2D eigenvalue weighted by atomic mass is 16.5. The van der Waals surface area contributed by atoms with Gasteiger partial charge < -0.3 is 9.64 Å². The summed E-state index contributed by atoms with van der Waals surface area (Å²) in [6.07, 6.45) is 9.61. The summed E-state index contributed by atoms with van der Waals surface area (Å²) >= 11 is 0. The Balaban J connectivity index is 1.61. The molecule has 32 heavy (non-hydrogen) atoms. The van der Waals surface area contributed by atoms with Gasteiger partial charge in [0.25, 0.3) is 0 Å². The first kappa shape index (κ1) is 22.9. The van der Waals surface area contributed by atoms with Gasteiger partial charge >= 0.3 is 0 Å². The van der Waals surface area contributed by atoms with Gasteiger partial charge in [-0.2, -0.15) is 0 Å². The molecule has 4 rings (SSSR count). The third-order valence-electron chi connectivity index (χ3n) is 7.38. The quantitative estimate of drug-likeness (QED) is 0.632. The third-order valence-corrected chi connectivity index (χ3v) is 7.38. The van der Waals surface area contributed by atoms with Crippen molar-refractivity contribution in [3.63, 3.8) is 0 Å². The van der Waals surface area contributed by atoms with E-state index in [2.05, 4.69) is 65.5 Å². The van der Waals surface area contributed by atoms with Gasteiger partial charge in [-0.3, -0.25) is 4.79 Å². The van der Waals surface area contributed by atoms with E-state index in [1.54, 1.807) is 11.0 Å². The molecule has 2 unspecified atom stereocenters. The molecule has 1 saturated carbocycles. The molecule has 0 N–H and O–H groups in total. The van der Waals surface area contributed by atoms with Gasteiger partial charge in [-0.25, -0.2) is 4.68 Å². The van der Waals surface area contributed by atoms with Crippen LogP contribution in [0.4, 0.5) is 0 Å². The molecule has 7 nitrogen and oxygen atoms in total. The van der Waals surface area contributed by atoms with Crippen LogP contribution in [0.15, 0.2) is 36.7 Å². The second-order valence-electron chi connectivity index (χ2n) is 10.4. The normalized spacial score (nSPS) is 23.4. The first-order chi connectivity index (χ1) is 15.4. The molecule has 0 bridgehead atoms. The molecule has 1 aliphatic carbocycles. The third kappa shape index (κ3) is 5.37. The van der Waals surface area contributed by atoms with Crippen molar-refractivity contribution in [2.45, 2.75) is 96.4 Å². The van der Waals surface area contributed by atoms with E-state index in [0.717, 1.165) is 38.5 Å². The predicted molar refractivity (Wildman–Crippen MR) is 123 cm³/mol. The van der Waals surface area contributed by atoms with Crippen LogP contribution in [0.5, 0.6) is 0 Å². The predicted octanol–water partition coefficient (Wildman–Crippen LogP) is 4.56. The molecule has 1 saturated heterocycles. The highest BCUT2D eigenvalue weighted by Gasteiger charge is 2.41. The van der Waals surface area contributed by atoms with Crippen LogP contribution < -0.4 is 0 Å². The van der Waals surface area contributed by atoms with Gasteiger partial charge in [0, 0.05) is 19.1 Å². The van der Waals surface area contributed by atoms with Gasteiger partial charge in [-0.1, -0.05) is 49.6 Å². The number of nitrogens with zero attached hydrogens (tertiary/aromatic N) is 5. The van der Waals surface area contributed by atoms with E-state index >= 15 is 0 Å². The van der Waals surface area contributed by atoms with Crippen LogP contribution >= 0.6 is 0 Å². The number of carbonyl (C=O) groups is 1. The summed E-state index contributed by atoms with van der Waals surface area (Å²) in [6.45, 7) is 7.84. The van der Waals surface area contributed by atoms with Crippen molar-refractivity contribution in [3.8, 4) is 0 Å². The monoisotopic (exact) mass is 439 g/mol. The first-order valence-electron chi connectivity index (χ1n) is 12.1. The van der Waals surface area contributed by atoms with Gasteiger partial charge in [0.1, 0.15) is 6.33 Å². The second-order valence-corrected chi connectivity index (χ2v) is 10.4. The van der Waals surface area contributed by atoms with Gasteiger partial charge in [-0.05, 0) is 67.9 Å². The summed E-state index contributed by atoms with van der Waals surface area (Å²) < 4.78 is 7.79. The molecule has 2 atom stereocenters. The lowest BCUT2D eigenvalue weighted by atomic mass is 9.71. The largest absolute Gasteiger partial charge is 0.375 e. The molecule has 0 radical (unpaired) electrons. The molecule has 1 aliphatic heterocycles. The number of carbonyl (C=O) groups excluding carboxylic acids is 1. The first-order valence-corrected chi connectivity index (χ1v) is 12.1. The van der Waals surface area contributed by atoms with Crippen LogP contribution in [0.2, 0.25) is 0 Å². The molecular formula is C25H37N5O2. The smallest absolute Gasteiger partial charge is 0.223 e. The van der Waals surface area contributed by atoms with Gasteiger partial charge in [0.2, 0.25) is 5.91 Å². The maximum Gasteiger partial charge on any atom is 0.223 e. The maximum atomic E-state index is 14.1. The lowest BCUT2D eigenvalue weighted by Gasteiger charge is -2.46. The number of benzene rings is 1. The lowest BCUT2D eigenvalue weighted by molar-refractivity contribution is -0.147. The summed E-state index contributed by atoms with van der Waals surface area (Å²) in [5.41, 5.74) is 0.885. The Kier molecular flexibility index (Phi) is 6.93. The Labute approximate surface area is 191 Å². The fourth-order valence-corrected chi connectivity index (χ4v) is 5.77. The lowest BCUT2D eigenvalue weighted by Crippen LogP contribution is -2.50. The van der Waals surface area contributed by atoms with Crippen LogP contribution in [0.25, 0.3) is 0 Å². The Morgan fingerprint density at radius 2 is 1.97 bits per heavy atom.